The zero-order chi connectivity index (χ0) is 12.3. The molecule has 86 valence electrons. The number of hydrogen-bond acceptors (Lipinski definition) is 3. The number of benzene rings is 1. The van der Waals surface area contributed by atoms with Crippen LogP contribution in [0.25, 0.3) is 0 Å². The zero-order valence-corrected chi connectivity index (χ0v) is 10.7. The lowest BCUT2D eigenvalue weighted by Crippen LogP contribution is -2.15. The van der Waals surface area contributed by atoms with E-state index in [-0.39, 0.29) is 5.91 Å². The van der Waals surface area contributed by atoms with Gasteiger partial charge in [0.2, 0.25) is 5.95 Å². The summed E-state index contributed by atoms with van der Waals surface area (Å²) < 4.78 is 0.863. The molecule has 0 radical (unpaired) electrons. The van der Waals surface area contributed by atoms with Gasteiger partial charge >= 0.3 is 0 Å². The molecule has 0 aliphatic rings. The minimum atomic E-state index is -0.213. The highest BCUT2D eigenvalue weighted by molar-refractivity contribution is 9.10. The van der Waals surface area contributed by atoms with Crippen molar-refractivity contribution in [1.29, 1.82) is 0 Å². The second-order valence-electron chi connectivity index (χ2n) is 3.49. The lowest BCUT2D eigenvalue weighted by Gasteiger charge is -2.06. The summed E-state index contributed by atoms with van der Waals surface area (Å²) in [6, 6.07) is 7.24. The fourth-order valence-corrected chi connectivity index (χ4v) is 1.73. The van der Waals surface area contributed by atoms with Gasteiger partial charge in [0.05, 0.1) is 0 Å². The number of aromatic nitrogens is 2. The summed E-state index contributed by atoms with van der Waals surface area (Å²) >= 11 is 3.34. The van der Waals surface area contributed by atoms with Crippen LogP contribution in [0, 0.1) is 6.92 Å². The Morgan fingerprint density at radius 3 is 2.71 bits per heavy atom. The Morgan fingerprint density at radius 1 is 1.29 bits per heavy atom. The summed E-state index contributed by atoms with van der Waals surface area (Å²) in [6.45, 7) is 1.88. The number of anilines is 1. The minimum Gasteiger partial charge on any atom is -0.290 e. The molecule has 2 rings (SSSR count). The molecule has 0 aliphatic heterocycles. The van der Waals surface area contributed by atoms with Crippen molar-refractivity contribution in [3.63, 3.8) is 0 Å². The second-order valence-corrected chi connectivity index (χ2v) is 4.40. The number of aryl methyl sites for hydroxylation is 1. The van der Waals surface area contributed by atoms with E-state index in [9.17, 15) is 4.79 Å². The number of amides is 1. The number of nitrogens with one attached hydrogen (secondary N) is 1. The number of nitrogens with zero attached hydrogens (tertiary/aromatic N) is 2. The molecule has 0 saturated carbocycles. The van der Waals surface area contributed by atoms with Gasteiger partial charge in [-0.15, -0.1) is 0 Å². The maximum atomic E-state index is 12.0. The Hall–Kier alpha value is -1.75. The van der Waals surface area contributed by atoms with Gasteiger partial charge in [-0.2, -0.15) is 0 Å². The highest BCUT2D eigenvalue weighted by Crippen LogP contribution is 2.16. The van der Waals surface area contributed by atoms with Crippen LogP contribution in [0.5, 0.6) is 0 Å². The Morgan fingerprint density at radius 2 is 2.00 bits per heavy atom. The smallest absolute Gasteiger partial charge is 0.258 e. The van der Waals surface area contributed by atoms with Gasteiger partial charge < -0.3 is 0 Å². The predicted octanol–water partition coefficient (Wildman–Crippen LogP) is 2.80. The van der Waals surface area contributed by atoms with Crippen molar-refractivity contribution in [2.24, 2.45) is 0 Å². The van der Waals surface area contributed by atoms with Crippen molar-refractivity contribution in [2.75, 3.05) is 5.32 Å². The van der Waals surface area contributed by atoms with Crippen LogP contribution in [0.1, 0.15) is 15.9 Å². The largest absolute Gasteiger partial charge is 0.290 e. The van der Waals surface area contributed by atoms with Gasteiger partial charge in [0, 0.05) is 22.4 Å². The van der Waals surface area contributed by atoms with E-state index >= 15 is 0 Å². The number of carbonyl (C=O) groups is 1. The average Bonchev–Trinajstić information content (AvgIpc) is 2.33. The van der Waals surface area contributed by atoms with Crippen molar-refractivity contribution in [1.82, 2.24) is 9.97 Å². The van der Waals surface area contributed by atoms with Crippen LogP contribution in [0.15, 0.2) is 41.1 Å². The highest BCUT2D eigenvalue weighted by atomic mass is 79.9. The Kier molecular flexibility index (Phi) is 3.49. The first kappa shape index (κ1) is 11.7. The van der Waals surface area contributed by atoms with Gasteiger partial charge in [0.25, 0.3) is 5.91 Å². The molecular weight excluding hydrogens is 282 g/mol. The van der Waals surface area contributed by atoms with Gasteiger partial charge in [-0.1, -0.05) is 22.0 Å². The summed E-state index contributed by atoms with van der Waals surface area (Å²) in [4.78, 5) is 19.9. The van der Waals surface area contributed by atoms with E-state index in [4.69, 9.17) is 0 Å². The first-order valence-corrected chi connectivity index (χ1v) is 5.80. The third-order valence-electron chi connectivity index (χ3n) is 2.24. The molecule has 2 aromatic rings. The summed E-state index contributed by atoms with van der Waals surface area (Å²) in [5.41, 5.74) is 1.51. The van der Waals surface area contributed by atoms with Crippen molar-refractivity contribution in [2.45, 2.75) is 6.92 Å². The van der Waals surface area contributed by atoms with Crippen LogP contribution >= 0.6 is 15.9 Å². The Bertz CT molecular complexity index is 543. The quantitative estimate of drug-likeness (QED) is 0.926. The molecule has 0 fully saturated rings. The monoisotopic (exact) mass is 291 g/mol. The molecular formula is C12H10BrN3O. The summed E-state index contributed by atoms with van der Waals surface area (Å²) in [7, 11) is 0. The third-order valence-corrected chi connectivity index (χ3v) is 2.73. The molecule has 1 amide bonds. The lowest BCUT2D eigenvalue weighted by molar-refractivity contribution is 0.102. The van der Waals surface area contributed by atoms with Crippen LogP contribution in [0.2, 0.25) is 0 Å². The second kappa shape index (κ2) is 5.05. The Labute approximate surface area is 107 Å². The number of rotatable bonds is 2. The predicted molar refractivity (Wildman–Crippen MR) is 68.9 cm³/mol. The van der Waals surface area contributed by atoms with Crippen LogP contribution in [-0.4, -0.2) is 15.9 Å². The molecule has 0 bridgehead atoms. The number of carbonyl (C=O) groups excluding carboxylic acids is 1. The highest BCUT2D eigenvalue weighted by Gasteiger charge is 2.10. The number of halogens is 1. The topological polar surface area (TPSA) is 54.9 Å². The third kappa shape index (κ3) is 2.88. The van der Waals surface area contributed by atoms with Gasteiger partial charge in [-0.25, -0.2) is 9.97 Å². The summed E-state index contributed by atoms with van der Waals surface area (Å²) in [5.74, 6) is 0.0897. The van der Waals surface area contributed by atoms with Crippen LogP contribution in [0.3, 0.4) is 0 Å². The summed E-state index contributed by atoms with van der Waals surface area (Å²) in [6.07, 6.45) is 3.16. The van der Waals surface area contributed by atoms with E-state index in [2.05, 4.69) is 31.2 Å². The molecule has 4 nitrogen and oxygen atoms in total. The first-order valence-electron chi connectivity index (χ1n) is 5.01. The maximum absolute atomic E-state index is 12.0. The minimum absolute atomic E-state index is 0.213. The molecule has 0 saturated heterocycles. The molecule has 1 aromatic heterocycles. The maximum Gasteiger partial charge on any atom is 0.258 e. The van der Waals surface area contributed by atoms with Gasteiger partial charge in [0.15, 0.2) is 0 Å². The van der Waals surface area contributed by atoms with E-state index in [1.54, 1.807) is 24.5 Å². The molecule has 1 N–H and O–H groups in total. The van der Waals surface area contributed by atoms with Crippen LogP contribution in [0.4, 0.5) is 5.95 Å². The van der Waals surface area contributed by atoms with E-state index in [1.807, 2.05) is 19.1 Å². The van der Waals surface area contributed by atoms with Crippen molar-refractivity contribution < 1.29 is 4.79 Å². The fourth-order valence-electron chi connectivity index (χ4n) is 1.37. The fraction of sp³-hybridized carbons (Fsp3) is 0.0833. The molecule has 1 aromatic carbocycles. The molecule has 1 heterocycles. The SMILES string of the molecule is Cc1ccc(Br)cc1C(=O)Nc1ncccn1. The van der Waals surface area contributed by atoms with E-state index in [0.717, 1.165) is 10.0 Å². The van der Waals surface area contributed by atoms with Crippen LogP contribution in [-0.2, 0) is 0 Å². The lowest BCUT2D eigenvalue weighted by atomic mass is 10.1. The van der Waals surface area contributed by atoms with Crippen molar-refractivity contribution in [3.05, 3.63) is 52.3 Å². The van der Waals surface area contributed by atoms with Gasteiger partial charge in [-0.05, 0) is 30.7 Å². The average molecular weight is 292 g/mol. The molecule has 5 heteroatoms. The van der Waals surface area contributed by atoms with E-state index < -0.39 is 0 Å². The van der Waals surface area contributed by atoms with Gasteiger partial charge in [0.1, 0.15) is 0 Å². The first-order chi connectivity index (χ1) is 8.16. The zero-order valence-electron chi connectivity index (χ0n) is 9.14. The van der Waals surface area contributed by atoms with Crippen molar-refractivity contribution >= 4 is 27.8 Å². The van der Waals surface area contributed by atoms with E-state index in [0.29, 0.717) is 11.5 Å². The molecule has 0 spiro atoms. The standard InChI is InChI=1S/C12H10BrN3O/c1-8-3-4-9(13)7-10(8)11(17)16-12-14-5-2-6-15-12/h2-7H,1H3,(H,14,15,16,17). The van der Waals surface area contributed by atoms with E-state index in [1.165, 1.54) is 0 Å². The molecule has 17 heavy (non-hydrogen) atoms. The molecule has 0 atom stereocenters. The Balaban J connectivity index is 2.23. The molecule has 0 unspecified atom stereocenters. The molecule has 0 aliphatic carbocycles. The van der Waals surface area contributed by atoms with Crippen LogP contribution < -0.4 is 5.32 Å². The van der Waals surface area contributed by atoms with Crippen molar-refractivity contribution in [3.8, 4) is 0 Å². The normalized spacial score (nSPS) is 10.0. The van der Waals surface area contributed by atoms with Gasteiger partial charge in [-0.3, -0.25) is 10.1 Å². The number of hydrogen-bond donors (Lipinski definition) is 1. The summed E-state index contributed by atoms with van der Waals surface area (Å²) in [5, 5.41) is 2.64.